The molecule has 3 N–H and O–H groups in total. The molecule has 0 radical (unpaired) electrons. The van der Waals surface area contributed by atoms with E-state index in [-0.39, 0.29) is 12.3 Å². The van der Waals surface area contributed by atoms with Gasteiger partial charge in [-0.25, -0.2) is 4.98 Å². The summed E-state index contributed by atoms with van der Waals surface area (Å²) in [5, 5.41) is 13.8. The number of thiazole rings is 1. The fourth-order valence-corrected chi connectivity index (χ4v) is 2.15. The standard InChI is InChI=1S/C13H12N4OS/c14-6-9-2-1-3-10(4-9)7-16-12(18)5-11-8-19-13(15)17-11/h1-4,8H,5,7H2,(H2,15,17)(H,16,18). The first-order valence-electron chi connectivity index (χ1n) is 5.63. The molecule has 0 aliphatic heterocycles. The first kappa shape index (κ1) is 13.1. The number of carbonyl (C=O) groups is 1. The Balaban J connectivity index is 1.88. The minimum Gasteiger partial charge on any atom is -0.375 e. The molecule has 1 aromatic heterocycles. The van der Waals surface area contributed by atoms with Crippen LogP contribution in [0.15, 0.2) is 29.6 Å². The maximum absolute atomic E-state index is 11.7. The minimum absolute atomic E-state index is 0.118. The van der Waals surface area contributed by atoms with E-state index in [1.165, 1.54) is 11.3 Å². The van der Waals surface area contributed by atoms with Crippen LogP contribution in [-0.2, 0) is 17.8 Å². The van der Waals surface area contributed by atoms with Gasteiger partial charge in [-0.05, 0) is 17.7 Å². The summed E-state index contributed by atoms with van der Waals surface area (Å²) in [6, 6.07) is 9.19. The molecule has 0 fully saturated rings. The van der Waals surface area contributed by atoms with Crippen LogP contribution in [0.25, 0.3) is 0 Å². The fraction of sp³-hybridized carbons (Fsp3) is 0.154. The molecule has 0 unspecified atom stereocenters. The third-order valence-electron chi connectivity index (χ3n) is 2.46. The number of nitrogen functional groups attached to an aromatic ring is 1. The Labute approximate surface area is 114 Å². The number of anilines is 1. The lowest BCUT2D eigenvalue weighted by Gasteiger charge is -2.04. The van der Waals surface area contributed by atoms with E-state index in [0.717, 1.165) is 5.56 Å². The Morgan fingerprint density at radius 3 is 3.05 bits per heavy atom. The molecule has 0 aliphatic carbocycles. The monoisotopic (exact) mass is 272 g/mol. The van der Waals surface area contributed by atoms with Gasteiger partial charge in [0.05, 0.1) is 23.7 Å². The Morgan fingerprint density at radius 1 is 1.53 bits per heavy atom. The summed E-state index contributed by atoms with van der Waals surface area (Å²) in [6.07, 6.45) is 0.214. The van der Waals surface area contributed by atoms with Crippen molar-refractivity contribution in [1.82, 2.24) is 10.3 Å². The second kappa shape index (κ2) is 5.98. The predicted octanol–water partition coefficient (Wildman–Crippen LogP) is 1.46. The average Bonchev–Trinajstić information content (AvgIpc) is 2.82. The summed E-state index contributed by atoms with van der Waals surface area (Å²) in [4.78, 5) is 15.7. The van der Waals surface area contributed by atoms with Crippen LogP contribution in [0, 0.1) is 11.3 Å². The molecule has 0 saturated heterocycles. The molecule has 0 bridgehead atoms. The van der Waals surface area contributed by atoms with Crippen molar-refractivity contribution >= 4 is 22.4 Å². The van der Waals surface area contributed by atoms with Crippen molar-refractivity contribution < 1.29 is 4.79 Å². The zero-order chi connectivity index (χ0) is 13.7. The molecule has 0 spiro atoms. The van der Waals surface area contributed by atoms with Gasteiger partial charge in [0, 0.05) is 11.9 Å². The van der Waals surface area contributed by atoms with Gasteiger partial charge >= 0.3 is 0 Å². The summed E-state index contributed by atoms with van der Waals surface area (Å²) >= 11 is 1.32. The van der Waals surface area contributed by atoms with Gasteiger partial charge in [-0.1, -0.05) is 12.1 Å². The highest BCUT2D eigenvalue weighted by molar-refractivity contribution is 7.13. The van der Waals surface area contributed by atoms with Crippen molar-refractivity contribution in [2.24, 2.45) is 0 Å². The summed E-state index contributed by atoms with van der Waals surface area (Å²) in [6.45, 7) is 0.397. The first-order chi connectivity index (χ1) is 9.17. The van der Waals surface area contributed by atoms with E-state index in [1.807, 2.05) is 6.07 Å². The smallest absolute Gasteiger partial charge is 0.226 e. The van der Waals surface area contributed by atoms with Gasteiger partial charge in [-0.2, -0.15) is 5.26 Å². The molecular formula is C13H12N4OS. The highest BCUT2D eigenvalue weighted by Gasteiger charge is 2.06. The average molecular weight is 272 g/mol. The SMILES string of the molecule is N#Cc1cccc(CNC(=O)Cc2csc(N)n2)c1. The first-order valence-corrected chi connectivity index (χ1v) is 6.51. The molecule has 0 saturated carbocycles. The van der Waals surface area contributed by atoms with Crippen LogP contribution >= 0.6 is 11.3 Å². The molecule has 96 valence electrons. The lowest BCUT2D eigenvalue weighted by Crippen LogP contribution is -2.24. The lowest BCUT2D eigenvalue weighted by atomic mass is 10.1. The Morgan fingerprint density at radius 2 is 2.37 bits per heavy atom. The molecule has 2 aromatic rings. The number of carbonyl (C=O) groups excluding carboxylic acids is 1. The largest absolute Gasteiger partial charge is 0.375 e. The summed E-state index contributed by atoms with van der Waals surface area (Å²) < 4.78 is 0. The van der Waals surface area contributed by atoms with Crippen molar-refractivity contribution in [3.8, 4) is 6.07 Å². The topological polar surface area (TPSA) is 91.8 Å². The van der Waals surface area contributed by atoms with Crippen LogP contribution in [0.3, 0.4) is 0 Å². The molecule has 6 heteroatoms. The number of benzene rings is 1. The molecule has 1 amide bonds. The quantitative estimate of drug-likeness (QED) is 0.881. The van der Waals surface area contributed by atoms with Crippen LogP contribution in [0.1, 0.15) is 16.8 Å². The molecule has 5 nitrogen and oxygen atoms in total. The number of amides is 1. The van der Waals surface area contributed by atoms with Gasteiger partial charge in [-0.3, -0.25) is 4.79 Å². The number of nitriles is 1. The molecule has 1 aromatic carbocycles. The molecule has 0 atom stereocenters. The highest BCUT2D eigenvalue weighted by atomic mass is 32.1. The zero-order valence-electron chi connectivity index (χ0n) is 10.1. The van der Waals surface area contributed by atoms with Crippen LogP contribution in [-0.4, -0.2) is 10.9 Å². The highest BCUT2D eigenvalue weighted by Crippen LogP contribution is 2.11. The third kappa shape index (κ3) is 3.79. The number of aromatic nitrogens is 1. The second-order valence-corrected chi connectivity index (χ2v) is 4.83. The van der Waals surface area contributed by atoms with Crippen LogP contribution in [0.2, 0.25) is 0 Å². The van der Waals surface area contributed by atoms with E-state index in [4.69, 9.17) is 11.0 Å². The van der Waals surface area contributed by atoms with Crippen molar-refractivity contribution in [1.29, 1.82) is 5.26 Å². The maximum atomic E-state index is 11.7. The predicted molar refractivity (Wildman–Crippen MR) is 73.2 cm³/mol. The van der Waals surface area contributed by atoms with Crippen LogP contribution in [0.4, 0.5) is 5.13 Å². The van der Waals surface area contributed by atoms with Crippen LogP contribution < -0.4 is 11.1 Å². The Kier molecular flexibility index (Phi) is 4.11. The normalized spacial score (nSPS) is 9.84. The van der Waals surface area contributed by atoms with Gasteiger partial charge in [0.2, 0.25) is 5.91 Å². The van der Waals surface area contributed by atoms with E-state index in [0.29, 0.717) is 22.9 Å². The van der Waals surface area contributed by atoms with Crippen molar-refractivity contribution in [2.45, 2.75) is 13.0 Å². The number of rotatable bonds is 4. The number of nitrogens with zero attached hydrogens (tertiary/aromatic N) is 2. The number of hydrogen-bond donors (Lipinski definition) is 2. The van der Waals surface area contributed by atoms with E-state index in [2.05, 4.69) is 16.4 Å². The zero-order valence-corrected chi connectivity index (χ0v) is 10.9. The second-order valence-electron chi connectivity index (χ2n) is 3.94. The lowest BCUT2D eigenvalue weighted by molar-refractivity contribution is -0.120. The van der Waals surface area contributed by atoms with Gasteiger partial charge in [0.25, 0.3) is 0 Å². The van der Waals surface area contributed by atoms with Gasteiger partial charge in [0.15, 0.2) is 5.13 Å². The molecular weight excluding hydrogens is 260 g/mol. The Bertz CT molecular complexity index is 630. The van der Waals surface area contributed by atoms with E-state index >= 15 is 0 Å². The van der Waals surface area contributed by atoms with Crippen LogP contribution in [0.5, 0.6) is 0 Å². The molecule has 19 heavy (non-hydrogen) atoms. The summed E-state index contributed by atoms with van der Waals surface area (Å²) in [5.74, 6) is -0.118. The van der Waals surface area contributed by atoms with E-state index < -0.39 is 0 Å². The minimum atomic E-state index is -0.118. The van der Waals surface area contributed by atoms with Gasteiger partial charge in [0.1, 0.15) is 0 Å². The number of nitrogens with two attached hydrogens (primary N) is 1. The van der Waals surface area contributed by atoms with Gasteiger partial charge < -0.3 is 11.1 Å². The van der Waals surface area contributed by atoms with Gasteiger partial charge in [-0.15, -0.1) is 11.3 Å². The Hall–Kier alpha value is -2.39. The number of hydrogen-bond acceptors (Lipinski definition) is 5. The van der Waals surface area contributed by atoms with E-state index in [9.17, 15) is 4.79 Å². The molecule has 1 heterocycles. The van der Waals surface area contributed by atoms with Crippen molar-refractivity contribution in [3.63, 3.8) is 0 Å². The maximum Gasteiger partial charge on any atom is 0.226 e. The van der Waals surface area contributed by atoms with E-state index in [1.54, 1.807) is 23.6 Å². The van der Waals surface area contributed by atoms with Crippen molar-refractivity contribution in [2.75, 3.05) is 5.73 Å². The van der Waals surface area contributed by atoms with Crippen molar-refractivity contribution in [3.05, 3.63) is 46.5 Å². The fourth-order valence-electron chi connectivity index (χ4n) is 1.58. The molecule has 2 rings (SSSR count). The third-order valence-corrected chi connectivity index (χ3v) is 3.18. The number of nitrogens with one attached hydrogen (secondary N) is 1. The summed E-state index contributed by atoms with van der Waals surface area (Å²) in [7, 11) is 0. The summed E-state index contributed by atoms with van der Waals surface area (Å²) in [5.41, 5.74) is 7.64. The molecule has 0 aliphatic rings.